The van der Waals surface area contributed by atoms with Gasteiger partial charge in [0.25, 0.3) is 5.91 Å². The number of carbonyl (C=O) groups excluding carboxylic acids is 2. The number of rotatable bonds is 7. The van der Waals surface area contributed by atoms with Crippen LogP contribution in [0.2, 0.25) is 0 Å². The third-order valence-electron chi connectivity index (χ3n) is 6.77. The van der Waals surface area contributed by atoms with Gasteiger partial charge in [0.15, 0.2) is 11.6 Å². The van der Waals surface area contributed by atoms with Crippen LogP contribution in [0.1, 0.15) is 63.5 Å². The number of aldehydes is 1. The number of benzene rings is 2. The number of oxazole rings is 1. The summed E-state index contributed by atoms with van der Waals surface area (Å²) in [4.78, 5) is 33.8. The number of aromatic nitrogens is 1. The lowest BCUT2D eigenvalue weighted by Gasteiger charge is -2.39. The van der Waals surface area contributed by atoms with Crippen molar-refractivity contribution in [2.45, 2.75) is 39.0 Å². The molecular formula is C27H30N4O3. The van der Waals surface area contributed by atoms with Gasteiger partial charge >= 0.3 is 0 Å². The number of hydrogen-bond acceptors (Lipinski definition) is 6. The number of amides is 1. The van der Waals surface area contributed by atoms with E-state index in [9.17, 15) is 9.59 Å². The Bertz CT molecular complexity index is 1210. The quantitative estimate of drug-likeness (QED) is 0.512. The van der Waals surface area contributed by atoms with E-state index in [2.05, 4.69) is 51.3 Å². The molecule has 7 nitrogen and oxygen atoms in total. The molecule has 1 aliphatic carbocycles. The molecule has 1 N–H and O–H groups in total. The van der Waals surface area contributed by atoms with E-state index in [1.807, 2.05) is 13.0 Å². The van der Waals surface area contributed by atoms with Gasteiger partial charge in [-0.05, 0) is 55.5 Å². The lowest BCUT2D eigenvalue weighted by Crippen LogP contribution is -2.47. The highest BCUT2D eigenvalue weighted by Crippen LogP contribution is 2.39. The van der Waals surface area contributed by atoms with Crippen molar-refractivity contribution < 1.29 is 14.0 Å². The molecule has 34 heavy (non-hydrogen) atoms. The molecule has 1 amide bonds. The van der Waals surface area contributed by atoms with Gasteiger partial charge < -0.3 is 19.5 Å². The molecule has 0 spiro atoms. The van der Waals surface area contributed by atoms with Crippen molar-refractivity contribution in [1.82, 2.24) is 4.98 Å². The maximum absolute atomic E-state index is 13.0. The number of anilines is 3. The van der Waals surface area contributed by atoms with Gasteiger partial charge in [0.2, 0.25) is 0 Å². The van der Waals surface area contributed by atoms with Gasteiger partial charge in [-0.25, -0.2) is 4.98 Å². The second-order valence-corrected chi connectivity index (χ2v) is 9.10. The molecule has 176 valence electrons. The summed E-state index contributed by atoms with van der Waals surface area (Å²) in [5.41, 5.74) is 5.94. The van der Waals surface area contributed by atoms with Crippen LogP contribution in [0, 0.1) is 6.92 Å². The van der Waals surface area contributed by atoms with Gasteiger partial charge in [0.05, 0.1) is 11.4 Å². The van der Waals surface area contributed by atoms with Crippen LogP contribution < -0.4 is 15.1 Å². The zero-order valence-corrected chi connectivity index (χ0v) is 19.7. The second-order valence-electron chi connectivity index (χ2n) is 9.10. The molecule has 1 saturated heterocycles. The van der Waals surface area contributed by atoms with Crippen LogP contribution in [-0.2, 0) is 6.42 Å². The van der Waals surface area contributed by atoms with Crippen LogP contribution in [0.4, 0.5) is 17.1 Å². The molecule has 2 aromatic carbocycles. The minimum atomic E-state index is -0.323. The van der Waals surface area contributed by atoms with Crippen LogP contribution in [-0.4, -0.2) is 43.4 Å². The Kier molecular flexibility index (Phi) is 6.09. The van der Waals surface area contributed by atoms with Crippen LogP contribution in [0.25, 0.3) is 0 Å². The molecule has 2 aliphatic rings. The number of hydrogen-bond donors (Lipinski definition) is 1. The summed E-state index contributed by atoms with van der Waals surface area (Å²) >= 11 is 0. The van der Waals surface area contributed by atoms with Gasteiger partial charge in [0.1, 0.15) is 12.5 Å². The van der Waals surface area contributed by atoms with E-state index >= 15 is 0 Å². The summed E-state index contributed by atoms with van der Waals surface area (Å²) in [6, 6.07) is 12.3. The molecule has 2 fully saturated rings. The van der Waals surface area contributed by atoms with Crippen molar-refractivity contribution in [2.75, 3.05) is 41.3 Å². The molecule has 0 bridgehead atoms. The van der Waals surface area contributed by atoms with Crippen molar-refractivity contribution in [1.29, 1.82) is 0 Å². The van der Waals surface area contributed by atoms with Crippen molar-refractivity contribution in [3.63, 3.8) is 0 Å². The van der Waals surface area contributed by atoms with Gasteiger partial charge in [-0.15, -0.1) is 0 Å². The predicted octanol–water partition coefficient (Wildman–Crippen LogP) is 4.81. The molecule has 3 aromatic rings. The second kappa shape index (κ2) is 9.33. The van der Waals surface area contributed by atoms with Crippen LogP contribution in [0.15, 0.2) is 47.1 Å². The van der Waals surface area contributed by atoms with Gasteiger partial charge in [-0.3, -0.25) is 9.59 Å². The molecule has 7 heteroatoms. The molecule has 0 radical (unpaired) electrons. The zero-order valence-electron chi connectivity index (χ0n) is 19.7. The van der Waals surface area contributed by atoms with E-state index in [0.29, 0.717) is 23.1 Å². The molecule has 0 unspecified atom stereocenters. The fraction of sp³-hybridized carbons (Fsp3) is 0.370. The Labute approximate surface area is 199 Å². The SMILES string of the molecule is CCc1cc(N2CCN(c3ccccc3C)CC2)c(NC(=O)c2coc(C3CC3)n2)cc1C=O. The number of piperazine rings is 1. The molecule has 2 heterocycles. The van der Waals surface area contributed by atoms with E-state index in [0.717, 1.165) is 63.0 Å². The van der Waals surface area contributed by atoms with Crippen molar-refractivity contribution >= 4 is 29.3 Å². The number of para-hydroxylation sites is 1. The molecular weight excluding hydrogens is 428 g/mol. The third-order valence-corrected chi connectivity index (χ3v) is 6.77. The standard InChI is InChI=1S/C27H30N4O3/c1-3-19-15-25(31-12-10-30(11-13-31)24-7-5-4-6-18(24)2)22(14-21(19)16-32)28-26(33)23-17-34-27(29-23)20-8-9-20/h4-7,14-17,20H,3,8-13H2,1-2H3,(H,28,33). The minimum absolute atomic E-state index is 0.268. The van der Waals surface area contributed by atoms with E-state index in [1.54, 1.807) is 6.07 Å². The highest BCUT2D eigenvalue weighted by molar-refractivity contribution is 6.05. The first-order valence-electron chi connectivity index (χ1n) is 12.0. The highest BCUT2D eigenvalue weighted by atomic mass is 16.3. The average Bonchev–Trinajstić information content (AvgIpc) is 3.60. The van der Waals surface area contributed by atoms with E-state index in [-0.39, 0.29) is 11.6 Å². The summed E-state index contributed by atoms with van der Waals surface area (Å²) in [7, 11) is 0. The van der Waals surface area contributed by atoms with Crippen LogP contribution >= 0.6 is 0 Å². The summed E-state index contributed by atoms with van der Waals surface area (Å²) in [5, 5.41) is 3.00. The third kappa shape index (κ3) is 4.42. The fourth-order valence-electron chi connectivity index (χ4n) is 4.63. The normalized spacial score (nSPS) is 15.9. The monoisotopic (exact) mass is 458 g/mol. The van der Waals surface area contributed by atoms with Crippen molar-refractivity contribution in [3.05, 3.63) is 70.9 Å². The molecule has 5 rings (SSSR count). The lowest BCUT2D eigenvalue weighted by atomic mass is 10.0. The minimum Gasteiger partial charge on any atom is -0.448 e. The average molecular weight is 459 g/mol. The highest BCUT2D eigenvalue weighted by Gasteiger charge is 2.30. The Morgan fingerprint density at radius 3 is 2.47 bits per heavy atom. The predicted molar refractivity (Wildman–Crippen MR) is 133 cm³/mol. The maximum Gasteiger partial charge on any atom is 0.277 e. The molecule has 1 aromatic heterocycles. The summed E-state index contributed by atoms with van der Waals surface area (Å²) in [6.45, 7) is 7.56. The van der Waals surface area contributed by atoms with Crippen LogP contribution in [0.5, 0.6) is 0 Å². The van der Waals surface area contributed by atoms with Crippen LogP contribution in [0.3, 0.4) is 0 Å². The summed E-state index contributed by atoms with van der Waals surface area (Å²) in [5.74, 6) is 0.649. The number of carbonyl (C=O) groups is 2. The first-order valence-corrected chi connectivity index (χ1v) is 12.0. The van der Waals surface area contributed by atoms with E-state index < -0.39 is 0 Å². The van der Waals surface area contributed by atoms with Crippen molar-refractivity contribution in [3.8, 4) is 0 Å². The van der Waals surface area contributed by atoms with Gasteiger partial charge in [-0.1, -0.05) is 25.1 Å². The summed E-state index contributed by atoms with van der Waals surface area (Å²) < 4.78 is 5.49. The van der Waals surface area contributed by atoms with E-state index in [1.165, 1.54) is 17.5 Å². The largest absolute Gasteiger partial charge is 0.448 e. The Hall–Kier alpha value is -3.61. The van der Waals surface area contributed by atoms with Gasteiger partial charge in [-0.2, -0.15) is 0 Å². The maximum atomic E-state index is 13.0. The number of nitrogens with one attached hydrogen (secondary N) is 1. The molecule has 1 aliphatic heterocycles. The lowest BCUT2D eigenvalue weighted by molar-refractivity contribution is 0.102. The smallest absolute Gasteiger partial charge is 0.277 e. The Morgan fingerprint density at radius 2 is 1.82 bits per heavy atom. The Balaban J connectivity index is 1.39. The number of aryl methyl sites for hydroxylation is 2. The first kappa shape index (κ1) is 22.2. The number of nitrogens with zero attached hydrogens (tertiary/aromatic N) is 3. The Morgan fingerprint density at radius 1 is 1.12 bits per heavy atom. The van der Waals surface area contributed by atoms with Gasteiger partial charge in [0, 0.05) is 43.3 Å². The first-order chi connectivity index (χ1) is 16.6. The summed E-state index contributed by atoms with van der Waals surface area (Å²) in [6.07, 6.45) is 5.13. The fourth-order valence-corrected chi connectivity index (χ4v) is 4.63. The van der Waals surface area contributed by atoms with Crippen molar-refractivity contribution in [2.24, 2.45) is 0 Å². The molecule has 1 saturated carbocycles. The molecule has 0 atom stereocenters. The topological polar surface area (TPSA) is 78.7 Å². The van der Waals surface area contributed by atoms with E-state index in [4.69, 9.17) is 4.42 Å². The zero-order chi connectivity index (χ0) is 23.7.